The highest BCUT2D eigenvalue weighted by molar-refractivity contribution is 5.76. The van der Waals surface area contributed by atoms with E-state index < -0.39 is 11.6 Å². The standard InChI is InChI=1S/C16H18N2O4/c1-11-9-17(10-12(2)21-11)16(20)18-15(19)8-14(22-18)13-6-4-3-5-7-13/h3-8,11-12H,9-10H2,1-2H3. The Hall–Kier alpha value is -2.34. The molecule has 0 radical (unpaired) electrons. The van der Waals surface area contributed by atoms with E-state index in [1.165, 1.54) is 6.07 Å². The summed E-state index contributed by atoms with van der Waals surface area (Å²) in [5.41, 5.74) is 0.297. The molecule has 6 nitrogen and oxygen atoms in total. The zero-order chi connectivity index (χ0) is 15.7. The highest BCUT2D eigenvalue weighted by Crippen LogP contribution is 2.18. The summed E-state index contributed by atoms with van der Waals surface area (Å²) in [5, 5.41) is 0. The van der Waals surface area contributed by atoms with Crippen LogP contribution >= 0.6 is 0 Å². The summed E-state index contributed by atoms with van der Waals surface area (Å²) in [6.45, 7) is 4.68. The zero-order valence-electron chi connectivity index (χ0n) is 12.6. The van der Waals surface area contributed by atoms with Crippen molar-refractivity contribution in [2.45, 2.75) is 26.1 Å². The van der Waals surface area contributed by atoms with Crippen molar-refractivity contribution in [3.05, 3.63) is 46.8 Å². The quantitative estimate of drug-likeness (QED) is 0.810. The Morgan fingerprint density at radius 1 is 1.14 bits per heavy atom. The molecule has 0 spiro atoms. The predicted molar refractivity (Wildman–Crippen MR) is 80.8 cm³/mol. The Bertz CT molecular complexity index is 709. The average molecular weight is 302 g/mol. The number of morpholine rings is 1. The predicted octanol–water partition coefficient (Wildman–Crippen LogP) is 2.19. The molecule has 2 aromatic rings. The molecule has 3 rings (SSSR count). The summed E-state index contributed by atoms with van der Waals surface area (Å²) < 4.78 is 11.9. The van der Waals surface area contributed by atoms with Gasteiger partial charge in [0.25, 0.3) is 5.56 Å². The number of ether oxygens (including phenoxy) is 1. The molecular weight excluding hydrogens is 284 g/mol. The first-order valence-corrected chi connectivity index (χ1v) is 7.28. The summed E-state index contributed by atoms with van der Waals surface area (Å²) in [6.07, 6.45) is -0.126. The summed E-state index contributed by atoms with van der Waals surface area (Å²) in [6, 6.07) is 10.1. The van der Waals surface area contributed by atoms with E-state index in [0.717, 1.165) is 10.3 Å². The van der Waals surface area contributed by atoms with Gasteiger partial charge in [0.1, 0.15) is 0 Å². The molecule has 22 heavy (non-hydrogen) atoms. The van der Waals surface area contributed by atoms with Gasteiger partial charge >= 0.3 is 6.03 Å². The lowest BCUT2D eigenvalue weighted by atomic mass is 10.2. The minimum atomic E-state index is -0.462. The van der Waals surface area contributed by atoms with Gasteiger partial charge in [-0.25, -0.2) is 4.79 Å². The van der Waals surface area contributed by atoms with Crippen LogP contribution in [0.4, 0.5) is 4.79 Å². The average Bonchev–Trinajstić information content (AvgIpc) is 2.88. The molecule has 0 bridgehead atoms. The van der Waals surface area contributed by atoms with E-state index in [2.05, 4.69) is 0 Å². The van der Waals surface area contributed by atoms with E-state index >= 15 is 0 Å². The van der Waals surface area contributed by atoms with Crippen molar-refractivity contribution < 1.29 is 14.1 Å². The van der Waals surface area contributed by atoms with Crippen molar-refractivity contribution in [1.82, 2.24) is 9.64 Å². The first kappa shape index (κ1) is 14.6. The minimum Gasteiger partial charge on any atom is -0.372 e. The normalized spacial score (nSPS) is 21.8. The van der Waals surface area contributed by atoms with Gasteiger partial charge in [-0.2, -0.15) is 0 Å². The maximum atomic E-state index is 12.5. The third kappa shape index (κ3) is 2.82. The van der Waals surface area contributed by atoms with E-state index in [9.17, 15) is 9.59 Å². The molecule has 6 heteroatoms. The number of carbonyl (C=O) groups is 1. The number of nitrogens with zero attached hydrogens (tertiary/aromatic N) is 2. The fourth-order valence-electron chi connectivity index (χ4n) is 2.67. The molecule has 0 N–H and O–H groups in total. The molecule has 1 aliphatic heterocycles. The Morgan fingerprint density at radius 3 is 2.41 bits per heavy atom. The van der Waals surface area contributed by atoms with Crippen molar-refractivity contribution in [3.63, 3.8) is 0 Å². The fourth-order valence-corrected chi connectivity index (χ4v) is 2.67. The van der Waals surface area contributed by atoms with Crippen LogP contribution in [0.3, 0.4) is 0 Å². The second kappa shape index (κ2) is 5.81. The molecule has 1 amide bonds. The minimum absolute atomic E-state index is 0.0630. The molecule has 1 aromatic heterocycles. The van der Waals surface area contributed by atoms with Crippen LogP contribution in [0.15, 0.2) is 45.7 Å². The van der Waals surface area contributed by atoms with Crippen LogP contribution in [0, 0.1) is 0 Å². The van der Waals surface area contributed by atoms with Crippen LogP contribution in [0.25, 0.3) is 11.3 Å². The first-order valence-electron chi connectivity index (χ1n) is 7.28. The number of hydrogen-bond donors (Lipinski definition) is 0. The molecule has 0 saturated carbocycles. The number of carbonyl (C=O) groups excluding carboxylic acids is 1. The number of rotatable bonds is 1. The summed E-state index contributed by atoms with van der Waals surface area (Å²) in [4.78, 5) is 26.1. The van der Waals surface area contributed by atoms with Crippen LogP contribution in [0.1, 0.15) is 13.8 Å². The lowest BCUT2D eigenvalue weighted by Crippen LogP contribution is -2.50. The van der Waals surface area contributed by atoms with Gasteiger partial charge in [-0.1, -0.05) is 35.1 Å². The highest BCUT2D eigenvalue weighted by Gasteiger charge is 2.29. The van der Waals surface area contributed by atoms with Gasteiger partial charge in [-0.3, -0.25) is 4.79 Å². The lowest BCUT2D eigenvalue weighted by Gasteiger charge is -2.34. The first-order chi connectivity index (χ1) is 10.5. The van der Waals surface area contributed by atoms with Crippen LogP contribution < -0.4 is 5.56 Å². The summed E-state index contributed by atoms with van der Waals surface area (Å²) in [5.74, 6) is 0.383. The second-order valence-corrected chi connectivity index (χ2v) is 5.54. The fraction of sp³-hybridized carbons (Fsp3) is 0.375. The number of aromatic nitrogens is 1. The highest BCUT2D eigenvalue weighted by atomic mass is 16.5. The van der Waals surface area contributed by atoms with Gasteiger partial charge in [0.05, 0.1) is 18.3 Å². The van der Waals surface area contributed by atoms with Crippen molar-refractivity contribution in [2.75, 3.05) is 13.1 Å². The monoisotopic (exact) mass is 302 g/mol. The molecule has 1 fully saturated rings. The largest absolute Gasteiger partial charge is 0.372 e. The number of benzene rings is 1. The van der Waals surface area contributed by atoms with Gasteiger partial charge in [0.15, 0.2) is 5.76 Å². The third-order valence-electron chi connectivity index (χ3n) is 3.57. The molecule has 0 aliphatic carbocycles. The molecule has 116 valence electrons. The van der Waals surface area contributed by atoms with Gasteiger partial charge in [0.2, 0.25) is 0 Å². The van der Waals surface area contributed by atoms with Crippen LogP contribution in [0.5, 0.6) is 0 Å². The third-order valence-corrected chi connectivity index (χ3v) is 3.57. The lowest BCUT2D eigenvalue weighted by molar-refractivity contribution is -0.0561. The van der Waals surface area contributed by atoms with E-state index in [0.29, 0.717) is 18.8 Å². The Balaban J connectivity index is 1.87. The maximum Gasteiger partial charge on any atom is 0.361 e. The second-order valence-electron chi connectivity index (χ2n) is 5.54. The summed E-state index contributed by atoms with van der Waals surface area (Å²) >= 11 is 0. The van der Waals surface area contributed by atoms with E-state index in [4.69, 9.17) is 9.26 Å². The van der Waals surface area contributed by atoms with E-state index in [1.54, 1.807) is 4.90 Å². The molecule has 2 unspecified atom stereocenters. The topological polar surface area (TPSA) is 64.7 Å². The van der Waals surface area contributed by atoms with E-state index in [1.807, 2.05) is 44.2 Å². The molecule has 1 aliphatic rings. The van der Waals surface area contributed by atoms with Crippen LogP contribution in [-0.4, -0.2) is 41.0 Å². The van der Waals surface area contributed by atoms with Crippen molar-refractivity contribution in [1.29, 1.82) is 0 Å². The Morgan fingerprint density at radius 2 is 1.77 bits per heavy atom. The van der Waals surface area contributed by atoms with Gasteiger partial charge in [0, 0.05) is 18.7 Å². The maximum absolute atomic E-state index is 12.5. The zero-order valence-corrected chi connectivity index (χ0v) is 12.6. The van der Waals surface area contributed by atoms with Crippen LogP contribution in [0.2, 0.25) is 0 Å². The van der Waals surface area contributed by atoms with Gasteiger partial charge in [-0.15, -0.1) is 0 Å². The Labute approximate surface area is 127 Å². The van der Waals surface area contributed by atoms with Crippen molar-refractivity contribution in [2.24, 2.45) is 0 Å². The molecule has 2 heterocycles. The van der Waals surface area contributed by atoms with Gasteiger partial charge < -0.3 is 14.2 Å². The Kier molecular flexibility index (Phi) is 3.85. The van der Waals surface area contributed by atoms with Crippen LogP contribution in [-0.2, 0) is 4.74 Å². The van der Waals surface area contributed by atoms with Gasteiger partial charge in [-0.05, 0) is 13.8 Å². The smallest absolute Gasteiger partial charge is 0.361 e. The van der Waals surface area contributed by atoms with Crippen molar-refractivity contribution in [3.8, 4) is 11.3 Å². The molecule has 2 atom stereocenters. The number of hydrogen-bond acceptors (Lipinski definition) is 4. The summed E-state index contributed by atoms with van der Waals surface area (Å²) in [7, 11) is 0. The molecular formula is C16H18N2O4. The van der Waals surface area contributed by atoms with Crippen molar-refractivity contribution >= 4 is 6.03 Å². The SMILES string of the molecule is CC1CN(C(=O)n2oc(-c3ccccc3)cc2=O)CC(C)O1. The van der Waals surface area contributed by atoms with E-state index in [-0.39, 0.29) is 12.2 Å². The molecule has 1 aromatic carbocycles. The number of amides is 1. The molecule has 1 saturated heterocycles.